The molecule has 0 amide bonds. The fraction of sp³-hybridized carbons (Fsp3) is 0.625. The normalized spacial score (nSPS) is 14.7. The van der Waals surface area contributed by atoms with Gasteiger partial charge in [-0.1, -0.05) is 13.3 Å². The molecule has 106 valence electrons. The van der Waals surface area contributed by atoms with Crippen LogP contribution in [0.4, 0.5) is 11.4 Å². The molecule has 3 nitrogen and oxygen atoms in total. The number of benzene rings is 1. The molecule has 0 atom stereocenters. The number of nitrogens with zero attached hydrogens (tertiary/aromatic N) is 1. The fourth-order valence-corrected chi connectivity index (χ4v) is 2.35. The van der Waals surface area contributed by atoms with Crippen molar-refractivity contribution in [1.82, 2.24) is 0 Å². The van der Waals surface area contributed by atoms with E-state index in [2.05, 4.69) is 24.0 Å². The average molecular weight is 262 g/mol. The zero-order chi connectivity index (χ0) is 13.8. The van der Waals surface area contributed by atoms with Gasteiger partial charge in [0, 0.05) is 36.1 Å². The van der Waals surface area contributed by atoms with Crippen LogP contribution in [0.2, 0.25) is 0 Å². The Morgan fingerprint density at radius 3 is 2.63 bits per heavy atom. The van der Waals surface area contributed by atoms with Gasteiger partial charge in [-0.2, -0.15) is 0 Å². The molecule has 3 heteroatoms. The smallest absolute Gasteiger partial charge is 0.123 e. The van der Waals surface area contributed by atoms with E-state index in [0.29, 0.717) is 6.04 Å². The summed E-state index contributed by atoms with van der Waals surface area (Å²) in [4.78, 5) is 2.49. The second-order valence-corrected chi connectivity index (χ2v) is 5.70. The van der Waals surface area contributed by atoms with Crippen molar-refractivity contribution in [3.05, 3.63) is 18.2 Å². The largest absolute Gasteiger partial charge is 0.491 e. The Hall–Kier alpha value is -1.38. The Morgan fingerprint density at radius 2 is 2.05 bits per heavy atom. The highest BCUT2D eigenvalue weighted by Gasteiger charge is 2.29. The van der Waals surface area contributed by atoms with Gasteiger partial charge in [-0.3, -0.25) is 0 Å². The van der Waals surface area contributed by atoms with Crippen LogP contribution in [0.1, 0.15) is 46.5 Å². The van der Waals surface area contributed by atoms with E-state index < -0.39 is 0 Å². The van der Waals surface area contributed by atoms with Gasteiger partial charge >= 0.3 is 0 Å². The number of unbranched alkanes of at least 4 members (excludes halogenated alkanes) is 1. The van der Waals surface area contributed by atoms with E-state index in [0.717, 1.165) is 18.0 Å². The van der Waals surface area contributed by atoms with Gasteiger partial charge in [0.15, 0.2) is 0 Å². The number of rotatable bonds is 7. The average Bonchev–Trinajstić information content (AvgIpc) is 3.12. The summed E-state index contributed by atoms with van der Waals surface area (Å²) in [6.45, 7) is 7.43. The maximum absolute atomic E-state index is 6.02. The third kappa shape index (κ3) is 4.05. The third-order valence-electron chi connectivity index (χ3n) is 3.36. The lowest BCUT2D eigenvalue weighted by molar-refractivity contribution is 0.242. The van der Waals surface area contributed by atoms with Crippen LogP contribution < -0.4 is 15.4 Å². The molecule has 0 heterocycles. The Balaban J connectivity index is 2.18. The van der Waals surface area contributed by atoms with Crippen molar-refractivity contribution in [3.63, 3.8) is 0 Å². The summed E-state index contributed by atoms with van der Waals surface area (Å²) in [7, 11) is 0. The number of nitrogen functional groups attached to an aromatic ring is 1. The van der Waals surface area contributed by atoms with Crippen LogP contribution in [-0.2, 0) is 0 Å². The zero-order valence-corrected chi connectivity index (χ0v) is 12.4. The van der Waals surface area contributed by atoms with Gasteiger partial charge in [-0.05, 0) is 39.2 Å². The molecule has 0 saturated heterocycles. The van der Waals surface area contributed by atoms with E-state index in [4.69, 9.17) is 10.5 Å². The lowest BCUT2D eigenvalue weighted by Crippen LogP contribution is -2.26. The molecular formula is C16H26N2O. The van der Waals surface area contributed by atoms with Crippen molar-refractivity contribution in [2.45, 2.75) is 58.6 Å². The second kappa shape index (κ2) is 6.18. The minimum Gasteiger partial charge on any atom is -0.491 e. The fourth-order valence-electron chi connectivity index (χ4n) is 2.35. The molecule has 2 N–H and O–H groups in total. The lowest BCUT2D eigenvalue weighted by Gasteiger charge is -2.25. The van der Waals surface area contributed by atoms with Gasteiger partial charge in [-0.25, -0.2) is 0 Å². The summed E-state index contributed by atoms with van der Waals surface area (Å²) in [5, 5.41) is 0. The number of ether oxygens (including phenoxy) is 1. The van der Waals surface area contributed by atoms with Crippen LogP contribution >= 0.6 is 0 Å². The van der Waals surface area contributed by atoms with Gasteiger partial charge in [0.1, 0.15) is 5.75 Å². The summed E-state index contributed by atoms with van der Waals surface area (Å²) in [5.41, 5.74) is 8.02. The van der Waals surface area contributed by atoms with Crippen molar-refractivity contribution >= 4 is 11.4 Å². The maximum Gasteiger partial charge on any atom is 0.123 e. The summed E-state index contributed by atoms with van der Waals surface area (Å²) in [6, 6.07) is 6.82. The monoisotopic (exact) mass is 262 g/mol. The minimum absolute atomic E-state index is 0.180. The second-order valence-electron chi connectivity index (χ2n) is 5.70. The number of nitrogens with two attached hydrogens (primary N) is 1. The minimum atomic E-state index is 0.180. The highest BCUT2D eigenvalue weighted by Crippen LogP contribution is 2.35. The molecule has 1 saturated carbocycles. The highest BCUT2D eigenvalue weighted by molar-refractivity contribution is 5.61. The Morgan fingerprint density at radius 1 is 1.32 bits per heavy atom. The third-order valence-corrected chi connectivity index (χ3v) is 3.36. The van der Waals surface area contributed by atoms with E-state index in [9.17, 15) is 0 Å². The Bertz CT molecular complexity index is 413. The Kier molecular flexibility index (Phi) is 4.56. The van der Waals surface area contributed by atoms with Crippen LogP contribution in [0.5, 0.6) is 5.75 Å². The lowest BCUT2D eigenvalue weighted by atomic mass is 10.2. The summed E-state index contributed by atoms with van der Waals surface area (Å²) in [5.74, 6) is 0.882. The first-order chi connectivity index (χ1) is 9.10. The van der Waals surface area contributed by atoms with Crippen molar-refractivity contribution in [3.8, 4) is 5.75 Å². The standard InChI is InChI=1S/C16H26N2O/c1-4-5-8-18(14-6-7-14)15-9-13(17)10-16(11-15)19-12(2)3/h9-12,14H,4-8,17H2,1-3H3. The van der Waals surface area contributed by atoms with Crippen molar-refractivity contribution in [1.29, 1.82) is 0 Å². The summed E-state index contributed by atoms with van der Waals surface area (Å²) in [6.07, 6.45) is 5.24. The molecule has 1 aliphatic carbocycles. The van der Waals surface area contributed by atoms with Gasteiger partial charge in [-0.15, -0.1) is 0 Å². The van der Waals surface area contributed by atoms with Crippen LogP contribution in [0, 0.1) is 0 Å². The molecule has 1 fully saturated rings. The first-order valence-electron chi connectivity index (χ1n) is 7.44. The van der Waals surface area contributed by atoms with Gasteiger partial charge in [0.05, 0.1) is 6.10 Å². The number of hydrogen-bond acceptors (Lipinski definition) is 3. The molecule has 1 aliphatic rings. The summed E-state index contributed by atoms with van der Waals surface area (Å²) < 4.78 is 5.78. The SMILES string of the molecule is CCCCN(c1cc(N)cc(OC(C)C)c1)C1CC1. The number of anilines is 2. The predicted octanol–water partition coefficient (Wildman–Crippen LogP) is 3.82. The Labute approximate surface area is 116 Å². The molecule has 0 aromatic heterocycles. The van der Waals surface area contributed by atoms with E-state index in [1.807, 2.05) is 19.9 Å². The zero-order valence-electron chi connectivity index (χ0n) is 12.4. The molecule has 0 unspecified atom stereocenters. The van der Waals surface area contributed by atoms with Crippen molar-refractivity contribution < 1.29 is 4.74 Å². The van der Waals surface area contributed by atoms with Crippen molar-refractivity contribution in [2.75, 3.05) is 17.2 Å². The first kappa shape index (κ1) is 14.0. The molecule has 0 bridgehead atoms. The van der Waals surface area contributed by atoms with Crippen LogP contribution in [0.3, 0.4) is 0 Å². The molecule has 2 rings (SSSR count). The van der Waals surface area contributed by atoms with E-state index in [-0.39, 0.29) is 6.10 Å². The molecule has 19 heavy (non-hydrogen) atoms. The quantitative estimate of drug-likeness (QED) is 0.759. The van der Waals surface area contributed by atoms with Crippen LogP contribution in [0.25, 0.3) is 0 Å². The predicted molar refractivity (Wildman–Crippen MR) is 81.9 cm³/mol. The topological polar surface area (TPSA) is 38.5 Å². The highest BCUT2D eigenvalue weighted by atomic mass is 16.5. The van der Waals surface area contributed by atoms with Crippen LogP contribution in [0.15, 0.2) is 18.2 Å². The first-order valence-corrected chi connectivity index (χ1v) is 7.44. The molecule has 1 aromatic rings. The summed E-state index contributed by atoms with van der Waals surface area (Å²) >= 11 is 0. The van der Waals surface area contributed by atoms with Crippen LogP contribution in [-0.4, -0.2) is 18.7 Å². The molecule has 0 aliphatic heterocycles. The van der Waals surface area contributed by atoms with E-state index in [1.54, 1.807) is 0 Å². The van der Waals surface area contributed by atoms with Crippen molar-refractivity contribution in [2.24, 2.45) is 0 Å². The van der Waals surface area contributed by atoms with E-state index in [1.165, 1.54) is 31.4 Å². The van der Waals surface area contributed by atoms with Gasteiger partial charge < -0.3 is 15.4 Å². The molecule has 0 spiro atoms. The van der Waals surface area contributed by atoms with Gasteiger partial charge in [0.25, 0.3) is 0 Å². The molecular weight excluding hydrogens is 236 g/mol. The maximum atomic E-state index is 6.02. The molecule has 1 aromatic carbocycles. The molecule has 0 radical (unpaired) electrons. The van der Waals surface area contributed by atoms with E-state index >= 15 is 0 Å². The number of hydrogen-bond donors (Lipinski definition) is 1. The van der Waals surface area contributed by atoms with Gasteiger partial charge in [0.2, 0.25) is 0 Å².